The van der Waals surface area contributed by atoms with Crippen molar-refractivity contribution in [2.24, 2.45) is 5.92 Å². The molecule has 0 aliphatic carbocycles. The van der Waals surface area contributed by atoms with Gasteiger partial charge in [-0.3, -0.25) is 0 Å². The van der Waals surface area contributed by atoms with E-state index in [0.29, 0.717) is 5.92 Å². The largest absolute Gasteiger partial charge is 0.147 e. The zero-order valence-electron chi connectivity index (χ0n) is 6.72. The molecular formula is C8H14S2. The molecule has 0 fully saturated rings. The topological polar surface area (TPSA) is 0 Å². The fraction of sp³-hybridized carbons (Fsp3) is 0.500. The summed E-state index contributed by atoms with van der Waals surface area (Å²) in [7, 11) is 0. The fourth-order valence-corrected chi connectivity index (χ4v) is 1.77. The summed E-state index contributed by atoms with van der Waals surface area (Å²) in [5.41, 5.74) is 0. The molecule has 0 aromatic rings. The van der Waals surface area contributed by atoms with Crippen LogP contribution in [-0.2, 0) is 0 Å². The molecular weight excluding hydrogens is 160 g/mol. The smallest absolute Gasteiger partial charge is 0.000649 e. The predicted molar refractivity (Wildman–Crippen MR) is 54.3 cm³/mol. The number of hydrogen-bond acceptors (Lipinski definition) is 2. The van der Waals surface area contributed by atoms with Gasteiger partial charge in [0, 0.05) is 4.91 Å². The first-order chi connectivity index (χ1) is 4.59. The van der Waals surface area contributed by atoms with Crippen molar-refractivity contribution in [3.63, 3.8) is 0 Å². The second kappa shape index (κ2) is 4.91. The predicted octanol–water partition coefficient (Wildman–Crippen LogP) is 3.68. The summed E-state index contributed by atoms with van der Waals surface area (Å²) in [6.45, 7) is 9.99. The van der Waals surface area contributed by atoms with Crippen molar-refractivity contribution in [2.75, 3.05) is 0 Å². The fourth-order valence-electron chi connectivity index (χ4n) is 0.729. The SMILES string of the molecule is C=CS/C(=C(\C)S)C(C)C. The Balaban J connectivity index is 4.27. The van der Waals surface area contributed by atoms with Crippen LogP contribution in [0.3, 0.4) is 0 Å². The lowest BCUT2D eigenvalue weighted by atomic mass is 10.2. The molecule has 0 rings (SSSR count). The molecule has 0 atom stereocenters. The minimum Gasteiger partial charge on any atom is -0.147 e. The Morgan fingerprint density at radius 1 is 1.60 bits per heavy atom. The van der Waals surface area contributed by atoms with E-state index in [1.807, 2.05) is 12.3 Å². The van der Waals surface area contributed by atoms with E-state index in [0.717, 1.165) is 4.91 Å². The second-order valence-electron chi connectivity index (χ2n) is 2.39. The van der Waals surface area contributed by atoms with Gasteiger partial charge in [0.1, 0.15) is 0 Å². The second-order valence-corrected chi connectivity index (χ2v) is 4.07. The van der Waals surface area contributed by atoms with Gasteiger partial charge in [-0.1, -0.05) is 20.4 Å². The molecule has 0 bridgehead atoms. The molecule has 0 aromatic carbocycles. The third-order valence-corrected chi connectivity index (χ3v) is 2.68. The van der Waals surface area contributed by atoms with Gasteiger partial charge in [-0.15, -0.1) is 24.4 Å². The van der Waals surface area contributed by atoms with Crippen LogP contribution in [0.5, 0.6) is 0 Å². The van der Waals surface area contributed by atoms with E-state index in [2.05, 4.69) is 33.1 Å². The lowest BCUT2D eigenvalue weighted by Gasteiger charge is -2.09. The molecule has 0 heterocycles. The highest BCUT2D eigenvalue weighted by Crippen LogP contribution is 2.29. The summed E-state index contributed by atoms with van der Waals surface area (Å²) in [5.74, 6) is 0.556. The molecule has 0 aromatic heterocycles. The van der Waals surface area contributed by atoms with Crippen molar-refractivity contribution in [1.82, 2.24) is 0 Å². The molecule has 0 saturated carbocycles. The van der Waals surface area contributed by atoms with Crippen LogP contribution in [0.4, 0.5) is 0 Å². The van der Waals surface area contributed by atoms with Gasteiger partial charge in [-0.25, -0.2) is 0 Å². The highest BCUT2D eigenvalue weighted by molar-refractivity contribution is 8.06. The van der Waals surface area contributed by atoms with Gasteiger partial charge in [0.2, 0.25) is 0 Å². The quantitative estimate of drug-likeness (QED) is 0.637. The molecule has 10 heavy (non-hydrogen) atoms. The van der Waals surface area contributed by atoms with Crippen LogP contribution in [0.25, 0.3) is 0 Å². The summed E-state index contributed by atoms with van der Waals surface area (Å²) < 4.78 is 0. The summed E-state index contributed by atoms with van der Waals surface area (Å²) in [4.78, 5) is 2.40. The molecule has 0 aliphatic rings. The van der Waals surface area contributed by atoms with Crippen molar-refractivity contribution in [3.05, 3.63) is 21.8 Å². The van der Waals surface area contributed by atoms with Gasteiger partial charge in [0.05, 0.1) is 0 Å². The number of thiol groups is 1. The Labute approximate surface area is 73.2 Å². The third-order valence-electron chi connectivity index (χ3n) is 1.09. The van der Waals surface area contributed by atoms with Crippen LogP contribution < -0.4 is 0 Å². The lowest BCUT2D eigenvalue weighted by molar-refractivity contribution is 0.814. The summed E-state index contributed by atoms with van der Waals surface area (Å²) >= 11 is 5.94. The summed E-state index contributed by atoms with van der Waals surface area (Å²) in [6.07, 6.45) is 0. The number of thioether (sulfide) groups is 1. The van der Waals surface area contributed by atoms with Crippen LogP contribution in [0.2, 0.25) is 0 Å². The molecule has 0 amide bonds. The van der Waals surface area contributed by atoms with Crippen molar-refractivity contribution < 1.29 is 0 Å². The van der Waals surface area contributed by atoms with Gasteiger partial charge >= 0.3 is 0 Å². The molecule has 0 saturated heterocycles. The van der Waals surface area contributed by atoms with Crippen LogP contribution >= 0.6 is 24.4 Å². The van der Waals surface area contributed by atoms with Crippen LogP contribution in [0.1, 0.15) is 20.8 Å². The van der Waals surface area contributed by atoms with Gasteiger partial charge in [0.15, 0.2) is 0 Å². The Morgan fingerprint density at radius 2 is 2.10 bits per heavy atom. The van der Waals surface area contributed by atoms with Crippen molar-refractivity contribution in [1.29, 1.82) is 0 Å². The van der Waals surface area contributed by atoms with E-state index in [4.69, 9.17) is 0 Å². The zero-order valence-corrected chi connectivity index (χ0v) is 8.43. The molecule has 0 N–H and O–H groups in total. The molecule has 0 unspecified atom stereocenters. The first-order valence-electron chi connectivity index (χ1n) is 3.27. The van der Waals surface area contributed by atoms with Gasteiger partial charge in [-0.05, 0) is 23.2 Å². The summed E-state index contributed by atoms with van der Waals surface area (Å²) in [6, 6.07) is 0. The van der Waals surface area contributed by atoms with Crippen molar-refractivity contribution in [2.45, 2.75) is 20.8 Å². The normalized spacial score (nSPS) is 13.3. The average molecular weight is 174 g/mol. The first kappa shape index (κ1) is 10.2. The van der Waals surface area contributed by atoms with E-state index in [9.17, 15) is 0 Å². The van der Waals surface area contributed by atoms with Crippen molar-refractivity contribution >= 4 is 24.4 Å². The maximum atomic E-state index is 4.28. The minimum absolute atomic E-state index is 0.556. The number of allylic oxidation sites excluding steroid dienone is 2. The molecule has 0 nitrogen and oxygen atoms in total. The molecule has 0 radical (unpaired) electrons. The van der Waals surface area contributed by atoms with E-state index in [1.54, 1.807) is 11.8 Å². The Bertz CT molecular complexity index is 141. The van der Waals surface area contributed by atoms with E-state index in [1.165, 1.54) is 4.91 Å². The van der Waals surface area contributed by atoms with E-state index < -0.39 is 0 Å². The van der Waals surface area contributed by atoms with E-state index >= 15 is 0 Å². The first-order valence-corrected chi connectivity index (χ1v) is 4.59. The lowest BCUT2D eigenvalue weighted by Crippen LogP contribution is -1.89. The van der Waals surface area contributed by atoms with Gasteiger partial charge < -0.3 is 0 Å². The minimum atomic E-state index is 0.556. The maximum absolute atomic E-state index is 4.28. The van der Waals surface area contributed by atoms with Crippen LogP contribution in [0, 0.1) is 5.92 Å². The average Bonchev–Trinajstić information content (AvgIpc) is 1.81. The standard InChI is InChI=1S/C8H14S2/c1-5-10-8(6(2)3)7(4)9/h5-6,9H,1H2,2-4H3/b8-7+. The van der Waals surface area contributed by atoms with Crippen LogP contribution in [0.15, 0.2) is 21.8 Å². The molecule has 2 heteroatoms. The van der Waals surface area contributed by atoms with Gasteiger partial charge in [0.25, 0.3) is 0 Å². The Kier molecular flexibility index (Phi) is 5.00. The number of rotatable bonds is 3. The van der Waals surface area contributed by atoms with Crippen molar-refractivity contribution in [3.8, 4) is 0 Å². The Morgan fingerprint density at radius 3 is 2.20 bits per heavy atom. The molecule has 0 spiro atoms. The third kappa shape index (κ3) is 3.37. The van der Waals surface area contributed by atoms with E-state index in [-0.39, 0.29) is 0 Å². The monoisotopic (exact) mass is 174 g/mol. The maximum Gasteiger partial charge on any atom is 0.000649 e. The Hall–Kier alpha value is 0.180. The molecule has 58 valence electrons. The highest BCUT2D eigenvalue weighted by Gasteiger charge is 2.03. The van der Waals surface area contributed by atoms with Gasteiger partial charge in [-0.2, -0.15) is 0 Å². The molecule has 0 aliphatic heterocycles. The summed E-state index contributed by atoms with van der Waals surface area (Å²) in [5, 5.41) is 1.84. The number of hydrogen-bond donors (Lipinski definition) is 1. The zero-order chi connectivity index (χ0) is 8.15. The van der Waals surface area contributed by atoms with Crippen LogP contribution in [-0.4, -0.2) is 0 Å². The highest BCUT2D eigenvalue weighted by atomic mass is 32.2.